The molecule has 0 spiro atoms. The van der Waals surface area contributed by atoms with Crippen molar-refractivity contribution in [3.63, 3.8) is 0 Å². The number of likely N-dealkylation sites (tertiary alicyclic amines) is 1. The molecule has 0 bridgehead atoms. The predicted octanol–water partition coefficient (Wildman–Crippen LogP) is 2.78. The molecule has 1 saturated heterocycles. The zero-order valence-electron chi connectivity index (χ0n) is 17.1. The van der Waals surface area contributed by atoms with Gasteiger partial charge < -0.3 is 20.5 Å². The summed E-state index contributed by atoms with van der Waals surface area (Å²) in [7, 11) is 1.72. The number of benzene rings is 1. The van der Waals surface area contributed by atoms with Crippen LogP contribution in [0.4, 0.5) is 0 Å². The van der Waals surface area contributed by atoms with E-state index >= 15 is 0 Å². The number of aliphatic hydroxyl groups is 1. The quantitative estimate of drug-likeness (QED) is 0.275. The number of ether oxygens (including phenoxy) is 1. The van der Waals surface area contributed by atoms with E-state index in [0.717, 1.165) is 50.7 Å². The molecule has 158 valence electrons. The summed E-state index contributed by atoms with van der Waals surface area (Å²) in [5, 5.41) is 16.4. The third-order valence-corrected chi connectivity index (χ3v) is 5.73. The first kappa shape index (κ1) is 23.2. The second-order valence-corrected chi connectivity index (χ2v) is 7.77. The summed E-state index contributed by atoms with van der Waals surface area (Å²) in [5.74, 6) is 1.74. The highest BCUT2D eigenvalue weighted by Gasteiger charge is 2.41. The van der Waals surface area contributed by atoms with E-state index in [4.69, 9.17) is 9.73 Å². The molecule has 6 nitrogen and oxygen atoms in total. The number of aliphatic imine (C=N–C) groups is 1. The molecule has 0 amide bonds. The zero-order valence-corrected chi connectivity index (χ0v) is 19.4. The Morgan fingerprint density at radius 2 is 2.04 bits per heavy atom. The summed E-state index contributed by atoms with van der Waals surface area (Å²) in [6.07, 6.45) is 4.67. The van der Waals surface area contributed by atoms with Gasteiger partial charge in [0.05, 0.1) is 26.3 Å². The van der Waals surface area contributed by atoms with Crippen LogP contribution in [0.5, 0.6) is 5.75 Å². The van der Waals surface area contributed by atoms with Crippen molar-refractivity contribution in [3.05, 3.63) is 29.8 Å². The fraction of sp³-hybridized carbons (Fsp3) is 0.667. The second-order valence-electron chi connectivity index (χ2n) is 7.77. The maximum absolute atomic E-state index is 9.53. The molecule has 1 aromatic carbocycles. The Balaban J connectivity index is 0.00000280. The standard InChI is InChI=1S/C21H34N4O2.HI/c1-3-22-20(24-15-21(16-26)9-10-21)23-14-19(25-11-4-5-12-25)17-7-6-8-18(13-17)27-2;/h6-8,13,19,26H,3-5,9-12,14-16H2,1-2H3,(H2,22,23,24);1H. The first-order valence-corrected chi connectivity index (χ1v) is 10.2. The summed E-state index contributed by atoms with van der Waals surface area (Å²) >= 11 is 0. The van der Waals surface area contributed by atoms with E-state index in [1.807, 2.05) is 6.07 Å². The summed E-state index contributed by atoms with van der Waals surface area (Å²) in [5.41, 5.74) is 1.30. The first-order valence-electron chi connectivity index (χ1n) is 10.2. The molecule has 2 aliphatic rings. The Morgan fingerprint density at radius 1 is 1.29 bits per heavy atom. The number of hydrogen-bond donors (Lipinski definition) is 3. The van der Waals surface area contributed by atoms with Crippen molar-refractivity contribution < 1.29 is 9.84 Å². The zero-order chi connectivity index (χ0) is 19.1. The SMILES string of the molecule is CCNC(=NCC1(CO)CC1)NCC(c1cccc(OC)c1)N1CCCC1.I. The number of rotatable bonds is 9. The fourth-order valence-electron chi connectivity index (χ4n) is 3.68. The van der Waals surface area contributed by atoms with Crippen LogP contribution < -0.4 is 15.4 Å². The fourth-order valence-corrected chi connectivity index (χ4v) is 3.68. The number of nitrogens with one attached hydrogen (secondary N) is 2. The van der Waals surface area contributed by atoms with E-state index in [2.05, 4.69) is 40.7 Å². The van der Waals surface area contributed by atoms with Crippen LogP contribution in [0.15, 0.2) is 29.3 Å². The third-order valence-electron chi connectivity index (χ3n) is 5.73. The molecular formula is C21H35IN4O2. The third kappa shape index (κ3) is 6.22. The van der Waals surface area contributed by atoms with Crippen LogP contribution >= 0.6 is 24.0 Å². The lowest BCUT2D eigenvalue weighted by atomic mass is 10.1. The Hall–Kier alpha value is -1.06. The first-order chi connectivity index (χ1) is 13.2. The van der Waals surface area contributed by atoms with Gasteiger partial charge in [-0.25, -0.2) is 0 Å². The Kier molecular flexibility index (Phi) is 9.30. The molecule has 1 aromatic rings. The number of nitrogens with zero attached hydrogens (tertiary/aromatic N) is 2. The van der Waals surface area contributed by atoms with Gasteiger partial charge in [0.15, 0.2) is 5.96 Å². The molecule has 1 aliphatic heterocycles. The average Bonchev–Trinajstić information content (AvgIpc) is 3.29. The highest BCUT2D eigenvalue weighted by Crippen LogP contribution is 2.45. The van der Waals surface area contributed by atoms with Crippen molar-refractivity contribution in [2.24, 2.45) is 10.4 Å². The number of hydrogen-bond acceptors (Lipinski definition) is 4. The Labute approximate surface area is 186 Å². The smallest absolute Gasteiger partial charge is 0.191 e. The van der Waals surface area contributed by atoms with Crippen LogP contribution in [-0.2, 0) is 0 Å². The van der Waals surface area contributed by atoms with E-state index in [1.165, 1.54) is 18.4 Å². The predicted molar refractivity (Wildman–Crippen MR) is 125 cm³/mol. The Bertz CT molecular complexity index is 631. The van der Waals surface area contributed by atoms with Gasteiger partial charge in [-0.1, -0.05) is 12.1 Å². The molecule has 1 atom stereocenters. The van der Waals surface area contributed by atoms with Gasteiger partial charge in [0, 0.05) is 18.5 Å². The minimum atomic E-state index is 0. The molecule has 0 aromatic heterocycles. The number of guanidine groups is 1. The lowest BCUT2D eigenvalue weighted by Crippen LogP contribution is -2.43. The van der Waals surface area contributed by atoms with Crippen LogP contribution in [-0.4, -0.2) is 62.4 Å². The minimum Gasteiger partial charge on any atom is -0.497 e. The largest absolute Gasteiger partial charge is 0.497 e. The van der Waals surface area contributed by atoms with Gasteiger partial charge >= 0.3 is 0 Å². The van der Waals surface area contributed by atoms with Gasteiger partial charge in [-0.15, -0.1) is 24.0 Å². The summed E-state index contributed by atoms with van der Waals surface area (Å²) in [4.78, 5) is 7.28. The van der Waals surface area contributed by atoms with Crippen LogP contribution in [0.3, 0.4) is 0 Å². The van der Waals surface area contributed by atoms with Gasteiger partial charge in [-0.2, -0.15) is 0 Å². The maximum Gasteiger partial charge on any atom is 0.191 e. The van der Waals surface area contributed by atoms with Gasteiger partial charge in [0.25, 0.3) is 0 Å². The molecular weight excluding hydrogens is 467 g/mol. The number of aliphatic hydroxyl groups excluding tert-OH is 1. The lowest BCUT2D eigenvalue weighted by Gasteiger charge is -2.29. The minimum absolute atomic E-state index is 0. The van der Waals surface area contributed by atoms with Crippen molar-refractivity contribution in [1.29, 1.82) is 0 Å². The second kappa shape index (κ2) is 11.2. The maximum atomic E-state index is 9.53. The van der Waals surface area contributed by atoms with Crippen molar-refractivity contribution >= 4 is 29.9 Å². The van der Waals surface area contributed by atoms with Crippen molar-refractivity contribution in [3.8, 4) is 5.75 Å². The van der Waals surface area contributed by atoms with Crippen molar-refractivity contribution in [2.45, 2.75) is 38.6 Å². The number of methoxy groups -OCH3 is 1. The van der Waals surface area contributed by atoms with Gasteiger partial charge in [0.1, 0.15) is 5.75 Å². The van der Waals surface area contributed by atoms with Gasteiger partial charge in [-0.3, -0.25) is 9.89 Å². The lowest BCUT2D eigenvalue weighted by molar-refractivity contribution is 0.216. The topological polar surface area (TPSA) is 69.1 Å². The van der Waals surface area contributed by atoms with Gasteiger partial charge in [0.2, 0.25) is 0 Å². The molecule has 1 unspecified atom stereocenters. The van der Waals surface area contributed by atoms with Gasteiger partial charge in [-0.05, 0) is 63.4 Å². The monoisotopic (exact) mass is 502 g/mol. The molecule has 2 fully saturated rings. The Morgan fingerprint density at radius 3 is 2.64 bits per heavy atom. The molecule has 3 N–H and O–H groups in total. The van der Waals surface area contributed by atoms with Crippen LogP contribution in [0.1, 0.15) is 44.2 Å². The van der Waals surface area contributed by atoms with Crippen LogP contribution in [0.2, 0.25) is 0 Å². The van der Waals surface area contributed by atoms with E-state index in [9.17, 15) is 5.11 Å². The van der Waals surface area contributed by atoms with Crippen molar-refractivity contribution in [1.82, 2.24) is 15.5 Å². The van der Waals surface area contributed by atoms with E-state index in [-0.39, 0.29) is 36.0 Å². The molecule has 1 heterocycles. The molecule has 7 heteroatoms. The van der Waals surface area contributed by atoms with Crippen molar-refractivity contribution in [2.75, 3.05) is 46.4 Å². The number of halogens is 1. The average molecular weight is 502 g/mol. The van der Waals surface area contributed by atoms with E-state index in [1.54, 1.807) is 7.11 Å². The molecule has 3 rings (SSSR count). The molecule has 1 saturated carbocycles. The van der Waals surface area contributed by atoms with Crippen LogP contribution in [0.25, 0.3) is 0 Å². The van der Waals surface area contributed by atoms with E-state index in [0.29, 0.717) is 12.6 Å². The highest BCUT2D eigenvalue weighted by molar-refractivity contribution is 14.0. The summed E-state index contributed by atoms with van der Waals surface area (Å²) in [6, 6.07) is 8.67. The summed E-state index contributed by atoms with van der Waals surface area (Å²) in [6.45, 7) is 6.88. The van der Waals surface area contributed by atoms with E-state index < -0.39 is 0 Å². The highest BCUT2D eigenvalue weighted by atomic mass is 127. The normalized spacial score (nSPS) is 19.6. The molecule has 1 aliphatic carbocycles. The summed E-state index contributed by atoms with van der Waals surface area (Å²) < 4.78 is 5.43. The molecule has 28 heavy (non-hydrogen) atoms. The molecule has 0 radical (unpaired) electrons. The van der Waals surface area contributed by atoms with Crippen LogP contribution in [0, 0.1) is 5.41 Å².